The van der Waals surface area contributed by atoms with Crippen molar-refractivity contribution >= 4 is 5.91 Å². The predicted molar refractivity (Wildman–Crippen MR) is 104 cm³/mol. The van der Waals surface area contributed by atoms with Gasteiger partial charge in [0.15, 0.2) is 0 Å². The van der Waals surface area contributed by atoms with Crippen molar-refractivity contribution in [3.63, 3.8) is 0 Å². The maximum atomic E-state index is 12.0. The minimum atomic E-state index is 0.0451. The summed E-state index contributed by atoms with van der Waals surface area (Å²) in [7, 11) is 0. The lowest BCUT2D eigenvalue weighted by atomic mass is 9.49. The van der Waals surface area contributed by atoms with E-state index in [2.05, 4.69) is 36.2 Å². The van der Waals surface area contributed by atoms with Crippen molar-refractivity contribution in [2.45, 2.75) is 77.2 Å². The van der Waals surface area contributed by atoms with Crippen LogP contribution in [-0.4, -0.2) is 29.4 Å². The van der Waals surface area contributed by atoms with Gasteiger partial charge >= 0.3 is 0 Å². The van der Waals surface area contributed by atoms with E-state index in [-0.39, 0.29) is 11.4 Å². The van der Waals surface area contributed by atoms with Gasteiger partial charge in [0.05, 0.1) is 0 Å². The molecule has 142 valence electrons. The first-order valence-electron chi connectivity index (χ1n) is 11.0. The van der Waals surface area contributed by atoms with E-state index in [0.29, 0.717) is 11.3 Å². The zero-order chi connectivity index (χ0) is 17.9. The molecule has 5 unspecified atom stereocenters. The minimum Gasteiger partial charge on any atom is -0.375 e. The summed E-state index contributed by atoms with van der Waals surface area (Å²) in [4.78, 5) is 14.6. The molecular weight excluding hydrogens is 320 g/mol. The van der Waals surface area contributed by atoms with Crippen molar-refractivity contribution in [2.75, 3.05) is 13.1 Å². The van der Waals surface area contributed by atoms with Gasteiger partial charge in [0.2, 0.25) is 5.91 Å². The number of allylic oxidation sites excluding steroid dienone is 4. The van der Waals surface area contributed by atoms with Crippen molar-refractivity contribution < 1.29 is 4.79 Å². The highest BCUT2D eigenvalue weighted by atomic mass is 16.1. The molecule has 3 heteroatoms. The highest BCUT2D eigenvalue weighted by Crippen LogP contribution is 2.60. The Hall–Kier alpha value is -1.25. The summed E-state index contributed by atoms with van der Waals surface area (Å²) in [5.41, 5.74) is 3.64. The summed E-state index contributed by atoms with van der Waals surface area (Å²) in [6, 6.07) is 0. The first kappa shape index (κ1) is 16.9. The van der Waals surface area contributed by atoms with Crippen LogP contribution in [0, 0.1) is 23.2 Å². The molecule has 0 radical (unpaired) electrons. The molecule has 1 amide bonds. The van der Waals surface area contributed by atoms with Crippen LogP contribution in [0.1, 0.15) is 71.6 Å². The average Bonchev–Trinajstić information content (AvgIpc) is 3.14. The van der Waals surface area contributed by atoms with Crippen LogP contribution in [-0.2, 0) is 4.79 Å². The third kappa shape index (κ3) is 2.42. The number of nitrogens with one attached hydrogen (secondary N) is 1. The number of amides is 1. The summed E-state index contributed by atoms with van der Waals surface area (Å²) in [6.07, 6.45) is 15.9. The van der Waals surface area contributed by atoms with Crippen LogP contribution in [0.3, 0.4) is 0 Å². The Labute approximate surface area is 158 Å². The minimum absolute atomic E-state index is 0.0451. The second-order valence-electron chi connectivity index (χ2n) is 10.1. The third-order valence-electron chi connectivity index (χ3n) is 8.76. The van der Waals surface area contributed by atoms with Crippen LogP contribution in [0.15, 0.2) is 23.4 Å². The topological polar surface area (TPSA) is 32.3 Å². The predicted octanol–water partition coefficient (Wildman–Crippen LogP) is 4.41. The van der Waals surface area contributed by atoms with Crippen LogP contribution < -0.4 is 5.32 Å². The van der Waals surface area contributed by atoms with E-state index in [1.165, 1.54) is 51.6 Å². The van der Waals surface area contributed by atoms with Gasteiger partial charge in [-0.25, -0.2) is 0 Å². The van der Waals surface area contributed by atoms with Crippen molar-refractivity contribution in [1.29, 1.82) is 0 Å². The summed E-state index contributed by atoms with van der Waals surface area (Å²) in [5.74, 6) is 2.49. The molecule has 0 aromatic carbocycles. The summed E-state index contributed by atoms with van der Waals surface area (Å²) < 4.78 is 0. The smallest absolute Gasteiger partial charge is 0.220 e. The van der Waals surface area contributed by atoms with Crippen LogP contribution in [0.4, 0.5) is 0 Å². The lowest BCUT2D eigenvalue weighted by Gasteiger charge is -2.59. The van der Waals surface area contributed by atoms with E-state index in [9.17, 15) is 4.79 Å². The van der Waals surface area contributed by atoms with E-state index < -0.39 is 0 Å². The molecule has 2 saturated heterocycles. The fraction of sp³-hybridized carbons (Fsp3) is 0.783. The Bertz CT molecular complexity index is 674. The Morgan fingerprint density at radius 2 is 1.88 bits per heavy atom. The first-order chi connectivity index (χ1) is 12.5. The van der Waals surface area contributed by atoms with E-state index >= 15 is 0 Å². The van der Waals surface area contributed by atoms with Crippen LogP contribution >= 0.6 is 0 Å². The SMILES string of the molecule is CC12CCC3C(CC=C4C=C(N5CCCC5)CCC43C)C1CCC(=O)N2. The standard InChI is InChI=1S/C23H34N2O/c1-22-11-9-17(25-13-3-4-14-25)15-16(22)5-6-18-19(22)10-12-23(2)20(18)7-8-21(26)24-23/h5,15,18-20H,3-4,6-14H2,1-2H3,(H,24,26). The molecule has 2 aliphatic heterocycles. The Morgan fingerprint density at radius 3 is 2.69 bits per heavy atom. The number of nitrogens with zero attached hydrogens (tertiary/aromatic N) is 1. The molecule has 5 rings (SSSR count). The molecule has 3 nitrogen and oxygen atoms in total. The number of hydrogen-bond acceptors (Lipinski definition) is 2. The molecule has 0 aromatic heterocycles. The highest BCUT2D eigenvalue weighted by molar-refractivity contribution is 5.77. The molecule has 1 saturated carbocycles. The van der Waals surface area contributed by atoms with E-state index in [0.717, 1.165) is 31.1 Å². The van der Waals surface area contributed by atoms with Crippen LogP contribution in [0.25, 0.3) is 0 Å². The average molecular weight is 355 g/mol. The second-order valence-corrected chi connectivity index (χ2v) is 10.1. The van der Waals surface area contributed by atoms with Crippen LogP contribution in [0.2, 0.25) is 0 Å². The van der Waals surface area contributed by atoms with Gasteiger partial charge < -0.3 is 10.2 Å². The van der Waals surface area contributed by atoms with Gasteiger partial charge in [-0.2, -0.15) is 0 Å². The van der Waals surface area contributed by atoms with Crippen molar-refractivity contribution in [1.82, 2.24) is 10.2 Å². The Kier molecular flexibility index (Phi) is 3.82. The second kappa shape index (κ2) is 5.87. The van der Waals surface area contributed by atoms with Crippen molar-refractivity contribution in [2.24, 2.45) is 23.2 Å². The highest BCUT2D eigenvalue weighted by Gasteiger charge is 2.55. The summed E-state index contributed by atoms with van der Waals surface area (Å²) in [6.45, 7) is 7.40. The molecule has 0 aromatic rings. The number of likely N-dealkylation sites (tertiary alicyclic amines) is 1. The molecule has 5 aliphatic rings. The van der Waals surface area contributed by atoms with Gasteiger partial charge in [-0.1, -0.05) is 13.0 Å². The molecule has 2 heterocycles. The maximum Gasteiger partial charge on any atom is 0.220 e. The number of piperidine rings is 1. The van der Waals surface area contributed by atoms with Gasteiger partial charge in [-0.3, -0.25) is 4.79 Å². The molecule has 3 fully saturated rings. The zero-order valence-electron chi connectivity index (χ0n) is 16.5. The maximum absolute atomic E-state index is 12.0. The van der Waals surface area contributed by atoms with Crippen molar-refractivity contribution in [3.05, 3.63) is 23.4 Å². The van der Waals surface area contributed by atoms with Gasteiger partial charge in [-0.05, 0) is 93.1 Å². The summed E-state index contributed by atoms with van der Waals surface area (Å²) in [5, 5.41) is 3.38. The van der Waals surface area contributed by atoms with E-state index in [1.54, 1.807) is 11.3 Å². The molecule has 3 aliphatic carbocycles. The normalized spacial score (nSPS) is 45.1. The zero-order valence-corrected chi connectivity index (χ0v) is 16.5. The van der Waals surface area contributed by atoms with E-state index in [1.807, 2.05) is 0 Å². The molecule has 0 bridgehead atoms. The number of hydrogen-bond donors (Lipinski definition) is 1. The number of carbonyl (C=O) groups is 1. The Morgan fingerprint density at radius 1 is 1.08 bits per heavy atom. The molecule has 0 spiro atoms. The van der Waals surface area contributed by atoms with Gasteiger partial charge in [0, 0.05) is 30.7 Å². The lowest BCUT2D eigenvalue weighted by Crippen LogP contribution is -2.62. The molecular formula is C23H34N2O. The largest absolute Gasteiger partial charge is 0.375 e. The van der Waals surface area contributed by atoms with E-state index in [4.69, 9.17) is 0 Å². The number of rotatable bonds is 1. The van der Waals surface area contributed by atoms with Gasteiger partial charge in [-0.15, -0.1) is 0 Å². The summed E-state index contributed by atoms with van der Waals surface area (Å²) >= 11 is 0. The lowest BCUT2D eigenvalue weighted by molar-refractivity contribution is -0.131. The fourth-order valence-corrected chi connectivity index (χ4v) is 7.24. The third-order valence-corrected chi connectivity index (χ3v) is 8.76. The van der Waals surface area contributed by atoms with Gasteiger partial charge in [0.1, 0.15) is 0 Å². The quantitative estimate of drug-likeness (QED) is 0.756. The molecule has 1 N–H and O–H groups in total. The monoisotopic (exact) mass is 354 g/mol. The fourth-order valence-electron chi connectivity index (χ4n) is 7.24. The molecule has 5 atom stereocenters. The number of carbonyl (C=O) groups excluding carboxylic acids is 1. The van der Waals surface area contributed by atoms with Gasteiger partial charge in [0.25, 0.3) is 0 Å². The number of fused-ring (bicyclic) bond motifs is 5. The first-order valence-corrected chi connectivity index (χ1v) is 11.0. The molecule has 26 heavy (non-hydrogen) atoms. The Balaban J connectivity index is 1.44. The van der Waals surface area contributed by atoms with Crippen molar-refractivity contribution in [3.8, 4) is 0 Å². The van der Waals surface area contributed by atoms with Crippen LogP contribution in [0.5, 0.6) is 0 Å².